The first-order valence-corrected chi connectivity index (χ1v) is 5.59. The van der Waals surface area contributed by atoms with Gasteiger partial charge >= 0.3 is 0 Å². The van der Waals surface area contributed by atoms with Gasteiger partial charge in [0.1, 0.15) is 5.82 Å². The molecule has 1 N–H and O–H groups in total. The molecule has 0 amide bonds. The fraction of sp³-hybridized carbons (Fsp3) is 0.500. The first-order valence-electron chi connectivity index (χ1n) is 5.59. The molecule has 0 heterocycles. The molecule has 0 aliphatic rings. The molecule has 0 aliphatic carbocycles. The lowest BCUT2D eigenvalue weighted by atomic mass is 9.98. The summed E-state index contributed by atoms with van der Waals surface area (Å²) >= 11 is 0. The fourth-order valence-corrected chi connectivity index (χ4v) is 1.30. The van der Waals surface area contributed by atoms with Crippen molar-refractivity contribution in [1.82, 2.24) is 0 Å². The molecule has 1 aromatic carbocycles. The number of nitro groups is 1. The van der Waals surface area contributed by atoms with Gasteiger partial charge in [0.15, 0.2) is 0 Å². The highest BCUT2D eigenvalue weighted by molar-refractivity contribution is 5.51. The predicted molar refractivity (Wildman–Crippen MR) is 65.5 cm³/mol. The summed E-state index contributed by atoms with van der Waals surface area (Å²) in [6.45, 7) is 6.93. The van der Waals surface area contributed by atoms with Crippen LogP contribution in [0.4, 0.5) is 15.8 Å². The highest BCUT2D eigenvalue weighted by atomic mass is 19.1. The molecular formula is C12H17FN2O2. The molecule has 0 bridgehead atoms. The maximum atomic E-state index is 13.1. The van der Waals surface area contributed by atoms with E-state index >= 15 is 0 Å². The minimum Gasteiger partial charge on any atom is -0.384 e. The number of nitro benzene ring substituents is 1. The van der Waals surface area contributed by atoms with Crippen LogP contribution in [0.1, 0.15) is 20.8 Å². The minimum atomic E-state index is -0.598. The maximum absolute atomic E-state index is 13.1. The summed E-state index contributed by atoms with van der Waals surface area (Å²) in [5, 5.41) is 13.6. The molecule has 1 aromatic rings. The molecule has 0 fully saturated rings. The maximum Gasteiger partial charge on any atom is 0.274 e. The summed E-state index contributed by atoms with van der Waals surface area (Å²) in [5.74, 6) is 0.322. The van der Waals surface area contributed by atoms with Crippen molar-refractivity contribution in [2.75, 3.05) is 11.9 Å². The summed E-state index contributed by atoms with van der Waals surface area (Å²) < 4.78 is 13.1. The normalized spacial score (nSPS) is 12.5. The third kappa shape index (κ3) is 4.01. The molecule has 1 atom stereocenters. The Morgan fingerprint density at radius 1 is 1.35 bits per heavy atom. The smallest absolute Gasteiger partial charge is 0.274 e. The molecule has 0 saturated carbocycles. The van der Waals surface area contributed by atoms with Gasteiger partial charge in [0.25, 0.3) is 5.69 Å². The Morgan fingerprint density at radius 2 is 2.00 bits per heavy atom. The Labute approximate surface area is 100.0 Å². The summed E-state index contributed by atoms with van der Waals surface area (Å²) in [6, 6.07) is 3.52. The number of benzene rings is 1. The molecule has 1 rings (SSSR count). The van der Waals surface area contributed by atoms with E-state index in [9.17, 15) is 14.5 Å². The Kier molecular flexibility index (Phi) is 4.43. The van der Waals surface area contributed by atoms with E-state index in [2.05, 4.69) is 26.1 Å². The summed E-state index contributed by atoms with van der Waals surface area (Å²) in [6.07, 6.45) is 0. The van der Waals surface area contributed by atoms with Crippen molar-refractivity contribution in [3.05, 3.63) is 34.1 Å². The molecule has 17 heavy (non-hydrogen) atoms. The number of hydrogen-bond donors (Lipinski definition) is 1. The average molecular weight is 240 g/mol. The van der Waals surface area contributed by atoms with E-state index in [-0.39, 0.29) is 5.69 Å². The van der Waals surface area contributed by atoms with Crippen LogP contribution in [-0.4, -0.2) is 11.5 Å². The van der Waals surface area contributed by atoms with Gasteiger partial charge in [-0.05, 0) is 17.9 Å². The lowest BCUT2D eigenvalue weighted by Gasteiger charge is -2.16. The molecule has 0 radical (unpaired) electrons. The van der Waals surface area contributed by atoms with Gasteiger partial charge in [0.05, 0.1) is 11.0 Å². The zero-order valence-electron chi connectivity index (χ0n) is 10.2. The number of nitrogens with zero attached hydrogens (tertiary/aromatic N) is 1. The quantitative estimate of drug-likeness (QED) is 0.633. The lowest BCUT2D eigenvalue weighted by Crippen LogP contribution is -2.16. The number of anilines is 1. The van der Waals surface area contributed by atoms with E-state index in [1.165, 1.54) is 12.1 Å². The van der Waals surface area contributed by atoms with Crippen LogP contribution in [0.5, 0.6) is 0 Å². The third-order valence-electron chi connectivity index (χ3n) is 2.86. The highest BCUT2D eigenvalue weighted by Gasteiger charge is 2.11. The Balaban J connectivity index is 2.74. The monoisotopic (exact) mass is 240 g/mol. The largest absolute Gasteiger partial charge is 0.384 e. The van der Waals surface area contributed by atoms with Crippen molar-refractivity contribution < 1.29 is 9.31 Å². The van der Waals surface area contributed by atoms with Crippen LogP contribution < -0.4 is 5.32 Å². The molecule has 5 heteroatoms. The molecule has 4 nitrogen and oxygen atoms in total. The number of rotatable bonds is 5. The van der Waals surface area contributed by atoms with Crippen molar-refractivity contribution in [3.8, 4) is 0 Å². The Bertz CT molecular complexity index is 407. The van der Waals surface area contributed by atoms with Crippen LogP contribution in [0.25, 0.3) is 0 Å². The van der Waals surface area contributed by atoms with Gasteiger partial charge in [0, 0.05) is 18.3 Å². The molecule has 0 saturated heterocycles. The second-order valence-corrected chi connectivity index (χ2v) is 4.56. The van der Waals surface area contributed by atoms with Crippen LogP contribution >= 0.6 is 0 Å². The van der Waals surface area contributed by atoms with Gasteiger partial charge in [-0.25, -0.2) is 4.39 Å². The molecule has 0 aliphatic heterocycles. The summed E-state index contributed by atoms with van der Waals surface area (Å²) in [5.41, 5.74) is 0.217. The van der Waals surface area contributed by atoms with Gasteiger partial charge < -0.3 is 5.32 Å². The van der Waals surface area contributed by atoms with Crippen LogP contribution in [0.3, 0.4) is 0 Å². The van der Waals surface area contributed by atoms with Crippen molar-refractivity contribution in [3.63, 3.8) is 0 Å². The van der Waals surface area contributed by atoms with E-state index in [1.54, 1.807) is 0 Å². The number of non-ortho nitro benzene ring substituents is 1. The predicted octanol–water partition coefficient (Wildman–Crippen LogP) is 3.44. The van der Waals surface area contributed by atoms with Gasteiger partial charge in [0.2, 0.25) is 0 Å². The second kappa shape index (κ2) is 5.61. The summed E-state index contributed by atoms with van der Waals surface area (Å²) in [7, 11) is 0. The van der Waals surface area contributed by atoms with E-state index in [0.29, 0.717) is 24.1 Å². The first kappa shape index (κ1) is 13.4. The lowest BCUT2D eigenvalue weighted by molar-refractivity contribution is -0.385. The molecule has 94 valence electrons. The van der Waals surface area contributed by atoms with Crippen molar-refractivity contribution in [1.29, 1.82) is 0 Å². The minimum absolute atomic E-state index is 0.232. The average Bonchev–Trinajstić information content (AvgIpc) is 2.24. The van der Waals surface area contributed by atoms with Crippen LogP contribution in [0, 0.1) is 27.8 Å². The second-order valence-electron chi connectivity index (χ2n) is 4.56. The number of nitrogens with one attached hydrogen (secondary N) is 1. The van der Waals surface area contributed by atoms with Gasteiger partial charge in [-0.2, -0.15) is 0 Å². The Morgan fingerprint density at radius 3 is 2.53 bits per heavy atom. The third-order valence-corrected chi connectivity index (χ3v) is 2.86. The standard InChI is InChI=1S/C12H17FN2O2/c1-8(2)9(3)7-14-11-4-10(13)5-12(6-11)15(16)17/h4-6,8-9,14H,7H2,1-3H3. The first-order chi connectivity index (χ1) is 7.90. The van der Waals surface area contributed by atoms with Crippen molar-refractivity contribution in [2.45, 2.75) is 20.8 Å². The van der Waals surface area contributed by atoms with E-state index in [4.69, 9.17) is 0 Å². The van der Waals surface area contributed by atoms with E-state index < -0.39 is 10.7 Å². The molecule has 0 aromatic heterocycles. The van der Waals surface area contributed by atoms with Crippen molar-refractivity contribution >= 4 is 11.4 Å². The molecule has 1 unspecified atom stereocenters. The summed E-state index contributed by atoms with van der Waals surface area (Å²) in [4.78, 5) is 9.97. The van der Waals surface area contributed by atoms with Crippen LogP contribution in [0.2, 0.25) is 0 Å². The van der Waals surface area contributed by atoms with Gasteiger partial charge in [-0.1, -0.05) is 20.8 Å². The van der Waals surface area contributed by atoms with E-state index in [0.717, 1.165) is 6.07 Å². The SMILES string of the molecule is CC(C)C(C)CNc1cc(F)cc([N+](=O)[O-])c1. The van der Waals surface area contributed by atoms with Gasteiger partial charge in [-0.3, -0.25) is 10.1 Å². The van der Waals surface area contributed by atoms with Crippen LogP contribution in [0.15, 0.2) is 18.2 Å². The number of halogens is 1. The highest BCUT2D eigenvalue weighted by Crippen LogP contribution is 2.20. The Hall–Kier alpha value is -1.65. The zero-order chi connectivity index (χ0) is 13.0. The van der Waals surface area contributed by atoms with Crippen LogP contribution in [-0.2, 0) is 0 Å². The molecule has 0 spiro atoms. The fourth-order valence-electron chi connectivity index (χ4n) is 1.30. The topological polar surface area (TPSA) is 55.2 Å². The zero-order valence-corrected chi connectivity index (χ0v) is 10.2. The van der Waals surface area contributed by atoms with E-state index in [1.807, 2.05) is 0 Å². The molecular weight excluding hydrogens is 223 g/mol. The van der Waals surface area contributed by atoms with Gasteiger partial charge in [-0.15, -0.1) is 0 Å². The number of hydrogen-bond acceptors (Lipinski definition) is 3. The van der Waals surface area contributed by atoms with Crippen molar-refractivity contribution in [2.24, 2.45) is 11.8 Å².